The first-order valence-corrected chi connectivity index (χ1v) is 6.34. The number of rotatable bonds is 6. The van der Waals surface area contributed by atoms with Gasteiger partial charge in [0, 0.05) is 32.7 Å². The van der Waals surface area contributed by atoms with Crippen molar-refractivity contribution >= 4 is 0 Å². The molecule has 1 rings (SSSR count). The van der Waals surface area contributed by atoms with Gasteiger partial charge in [0.15, 0.2) is 0 Å². The van der Waals surface area contributed by atoms with Crippen molar-refractivity contribution < 1.29 is 0 Å². The van der Waals surface area contributed by atoms with Crippen LogP contribution in [0.5, 0.6) is 0 Å². The van der Waals surface area contributed by atoms with E-state index in [4.69, 9.17) is 0 Å². The summed E-state index contributed by atoms with van der Waals surface area (Å²) in [4.78, 5) is 5.01. The molecular weight excluding hydrogens is 186 g/mol. The molecule has 0 aromatic rings. The number of nitrogens with zero attached hydrogens (tertiary/aromatic N) is 2. The van der Waals surface area contributed by atoms with Gasteiger partial charge in [-0.1, -0.05) is 13.8 Å². The summed E-state index contributed by atoms with van der Waals surface area (Å²) in [6, 6.07) is 0. The molecule has 3 nitrogen and oxygen atoms in total. The molecule has 1 aliphatic rings. The molecule has 3 heteroatoms. The lowest BCUT2D eigenvalue weighted by Crippen LogP contribution is -2.46. The van der Waals surface area contributed by atoms with E-state index in [1.165, 1.54) is 45.7 Å². The molecule has 1 N–H and O–H groups in total. The second kappa shape index (κ2) is 7.20. The van der Waals surface area contributed by atoms with Gasteiger partial charge in [-0.2, -0.15) is 0 Å². The average Bonchev–Trinajstić information content (AvgIpc) is 2.22. The van der Waals surface area contributed by atoms with E-state index in [1.807, 2.05) is 0 Å². The maximum absolute atomic E-state index is 3.50. The predicted molar refractivity (Wildman–Crippen MR) is 66.3 cm³/mol. The van der Waals surface area contributed by atoms with Crippen LogP contribution in [-0.4, -0.2) is 62.7 Å². The van der Waals surface area contributed by atoms with Crippen LogP contribution < -0.4 is 5.32 Å². The van der Waals surface area contributed by atoms with E-state index in [-0.39, 0.29) is 0 Å². The summed E-state index contributed by atoms with van der Waals surface area (Å²) in [6.45, 7) is 13.1. The van der Waals surface area contributed by atoms with Crippen molar-refractivity contribution in [1.82, 2.24) is 15.1 Å². The number of likely N-dealkylation sites (N-methyl/N-ethyl adjacent to an activating group) is 1. The normalized spacial score (nSPS) is 21.8. The first-order chi connectivity index (χ1) is 7.22. The maximum atomic E-state index is 3.50. The molecule has 1 heterocycles. The molecule has 90 valence electrons. The Bertz CT molecular complexity index is 153. The molecule has 1 saturated heterocycles. The van der Waals surface area contributed by atoms with E-state index in [1.54, 1.807) is 0 Å². The first-order valence-electron chi connectivity index (χ1n) is 6.34. The molecule has 0 aliphatic carbocycles. The topological polar surface area (TPSA) is 18.5 Å². The number of hydrogen-bond donors (Lipinski definition) is 1. The highest BCUT2D eigenvalue weighted by molar-refractivity contribution is 4.71. The third-order valence-electron chi connectivity index (χ3n) is 3.09. The Morgan fingerprint density at radius 3 is 2.47 bits per heavy atom. The fourth-order valence-corrected chi connectivity index (χ4v) is 2.06. The standard InChI is InChI=1S/C12H27N3/c1-4-5-13-10-12(2)11-15-8-6-14(3)7-9-15/h12-13H,4-11H2,1-3H3. The van der Waals surface area contributed by atoms with Crippen LogP contribution in [0.2, 0.25) is 0 Å². The summed E-state index contributed by atoms with van der Waals surface area (Å²) >= 11 is 0. The molecule has 0 aromatic carbocycles. The molecule has 0 amide bonds. The zero-order valence-corrected chi connectivity index (χ0v) is 10.6. The summed E-state index contributed by atoms with van der Waals surface area (Å²) in [5, 5.41) is 3.50. The molecule has 0 aromatic heterocycles. The fourth-order valence-electron chi connectivity index (χ4n) is 2.06. The molecular formula is C12H27N3. The van der Waals surface area contributed by atoms with E-state index in [2.05, 4.69) is 36.0 Å². The van der Waals surface area contributed by atoms with Crippen LogP contribution in [0, 0.1) is 5.92 Å². The van der Waals surface area contributed by atoms with Gasteiger partial charge in [0.1, 0.15) is 0 Å². The van der Waals surface area contributed by atoms with Gasteiger partial charge in [-0.15, -0.1) is 0 Å². The van der Waals surface area contributed by atoms with Gasteiger partial charge in [-0.3, -0.25) is 0 Å². The summed E-state index contributed by atoms with van der Waals surface area (Å²) in [5.41, 5.74) is 0. The van der Waals surface area contributed by atoms with E-state index in [9.17, 15) is 0 Å². The van der Waals surface area contributed by atoms with E-state index in [0.29, 0.717) is 0 Å². The summed E-state index contributed by atoms with van der Waals surface area (Å²) in [6.07, 6.45) is 1.24. The SMILES string of the molecule is CCCNCC(C)CN1CCN(C)CC1. The molecule has 0 spiro atoms. The highest BCUT2D eigenvalue weighted by Crippen LogP contribution is 2.03. The highest BCUT2D eigenvalue weighted by atomic mass is 15.2. The van der Waals surface area contributed by atoms with Gasteiger partial charge in [0.05, 0.1) is 0 Å². The Labute approximate surface area is 94.8 Å². The first kappa shape index (κ1) is 12.9. The Kier molecular flexibility index (Phi) is 6.22. The Morgan fingerprint density at radius 2 is 1.87 bits per heavy atom. The molecule has 0 bridgehead atoms. The number of hydrogen-bond acceptors (Lipinski definition) is 3. The van der Waals surface area contributed by atoms with Crippen LogP contribution in [0.15, 0.2) is 0 Å². The second-order valence-corrected chi connectivity index (χ2v) is 4.91. The van der Waals surface area contributed by atoms with Crippen LogP contribution >= 0.6 is 0 Å². The lowest BCUT2D eigenvalue weighted by atomic mass is 10.1. The van der Waals surface area contributed by atoms with Gasteiger partial charge in [-0.25, -0.2) is 0 Å². The summed E-state index contributed by atoms with van der Waals surface area (Å²) in [5.74, 6) is 0.778. The fraction of sp³-hybridized carbons (Fsp3) is 1.00. The van der Waals surface area contributed by atoms with Gasteiger partial charge in [0.25, 0.3) is 0 Å². The van der Waals surface area contributed by atoms with Gasteiger partial charge >= 0.3 is 0 Å². The maximum Gasteiger partial charge on any atom is 0.0110 e. The van der Waals surface area contributed by atoms with Crippen LogP contribution in [0.3, 0.4) is 0 Å². The number of nitrogens with one attached hydrogen (secondary N) is 1. The highest BCUT2D eigenvalue weighted by Gasteiger charge is 2.15. The van der Waals surface area contributed by atoms with E-state index in [0.717, 1.165) is 12.5 Å². The summed E-state index contributed by atoms with van der Waals surface area (Å²) in [7, 11) is 2.21. The number of piperazine rings is 1. The molecule has 1 aliphatic heterocycles. The minimum absolute atomic E-state index is 0.778. The third kappa shape index (κ3) is 5.50. The van der Waals surface area contributed by atoms with Crippen LogP contribution in [0.4, 0.5) is 0 Å². The molecule has 1 fully saturated rings. The predicted octanol–water partition coefficient (Wildman–Crippen LogP) is 0.870. The van der Waals surface area contributed by atoms with Crippen molar-refractivity contribution in [3.05, 3.63) is 0 Å². The van der Waals surface area contributed by atoms with Crippen molar-refractivity contribution in [3.8, 4) is 0 Å². The monoisotopic (exact) mass is 213 g/mol. The van der Waals surface area contributed by atoms with Crippen molar-refractivity contribution in [2.45, 2.75) is 20.3 Å². The molecule has 0 radical (unpaired) electrons. The van der Waals surface area contributed by atoms with Gasteiger partial charge < -0.3 is 15.1 Å². The summed E-state index contributed by atoms with van der Waals surface area (Å²) < 4.78 is 0. The Balaban J connectivity index is 2.06. The lowest BCUT2D eigenvalue weighted by Gasteiger charge is -2.34. The van der Waals surface area contributed by atoms with Crippen LogP contribution in [0.25, 0.3) is 0 Å². The molecule has 0 saturated carbocycles. The van der Waals surface area contributed by atoms with Gasteiger partial charge in [-0.05, 0) is 32.5 Å². The van der Waals surface area contributed by atoms with Crippen molar-refractivity contribution in [1.29, 1.82) is 0 Å². The van der Waals surface area contributed by atoms with Crippen molar-refractivity contribution in [2.75, 3.05) is 52.9 Å². The minimum atomic E-state index is 0.778. The van der Waals surface area contributed by atoms with Gasteiger partial charge in [0.2, 0.25) is 0 Å². The van der Waals surface area contributed by atoms with Crippen molar-refractivity contribution in [2.24, 2.45) is 5.92 Å². The van der Waals surface area contributed by atoms with Crippen LogP contribution in [0.1, 0.15) is 20.3 Å². The average molecular weight is 213 g/mol. The Morgan fingerprint density at radius 1 is 1.20 bits per heavy atom. The Hall–Kier alpha value is -0.120. The quantitative estimate of drug-likeness (QED) is 0.661. The molecule has 1 atom stereocenters. The minimum Gasteiger partial charge on any atom is -0.316 e. The zero-order valence-electron chi connectivity index (χ0n) is 10.6. The zero-order chi connectivity index (χ0) is 11.1. The smallest absolute Gasteiger partial charge is 0.0110 e. The molecule has 1 unspecified atom stereocenters. The molecule has 15 heavy (non-hydrogen) atoms. The third-order valence-corrected chi connectivity index (χ3v) is 3.09. The van der Waals surface area contributed by atoms with Crippen molar-refractivity contribution in [3.63, 3.8) is 0 Å². The largest absolute Gasteiger partial charge is 0.316 e. The van der Waals surface area contributed by atoms with E-state index >= 15 is 0 Å². The van der Waals surface area contributed by atoms with Crippen LogP contribution in [-0.2, 0) is 0 Å². The second-order valence-electron chi connectivity index (χ2n) is 4.91. The van der Waals surface area contributed by atoms with E-state index < -0.39 is 0 Å². The lowest BCUT2D eigenvalue weighted by molar-refractivity contribution is 0.138.